The molecule has 10 heteroatoms. The minimum Gasteiger partial charge on any atom is -1.00 e. The van der Waals surface area contributed by atoms with Crippen LogP contribution in [0.3, 0.4) is 0 Å². The van der Waals surface area contributed by atoms with Crippen molar-refractivity contribution in [3.8, 4) is 0 Å². The second-order valence-electron chi connectivity index (χ2n) is 6.54. The highest BCUT2D eigenvalue weighted by Gasteiger charge is 2.21. The van der Waals surface area contributed by atoms with Crippen LogP contribution in [0.4, 0.5) is 5.82 Å². The summed E-state index contributed by atoms with van der Waals surface area (Å²) in [6.45, 7) is 6.13. The summed E-state index contributed by atoms with van der Waals surface area (Å²) < 4.78 is 30.2. The van der Waals surface area contributed by atoms with Gasteiger partial charge in [-0.25, -0.2) is 18.4 Å². The molecule has 0 aliphatic rings. The van der Waals surface area contributed by atoms with Crippen LogP contribution in [0.2, 0.25) is 0 Å². The average molecular weight is 455 g/mol. The van der Waals surface area contributed by atoms with Crippen LogP contribution in [0.25, 0.3) is 0 Å². The van der Waals surface area contributed by atoms with Crippen molar-refractivity contribution >= 4 is 27.2 Å². The predicted octanol–water partition coefficient (Wildman–Crippen LogP) is -0.861. The number of benzene rings is 1. The molecule has 3 aromatic rings. The largest absolute Gasteiger partial charge is 1.00 e. The van der Waals surface area contributed by atoms with Gasteiger partial charge in [0.15, 0.2) is 18.1 Å². The maximum absolute atomic E-state index is 12.8. The van der Waals surface area contributed by atoms with Gasteiger partial charge in [-0.15, -0.1) is 0 Å². The molecule has 156 valence electrons. The highest BCUT2D eigenvalue weighted by Crippen LogP contribution is 2.19. The van der Waals surface area contributed by atoms with Crippen LogP contribution in [0.1, 0.15) is 27.5 Å². The molecule has 0 aliphatic heterocycles. The Labute approximate surface area is 181 Å². The van der Waals surface area contributed by atoms with Crippen LogP contribution in [0.5, 0.6) is 0 Å². The van der Waals surface area contributed by atoms with E-state index in [0.717, 1.165) is 16.1 Å². The summed E-state index contributed by atoms with van der Waals surface area (Å²) in [4.78, 5) is 9.83. The molecule has 0 amide bonds. The molecule has 0 saturated heterocycles. The molecule has 1 aromatic carbocycles. The van der Waals surface area contributed by atoms with Gasteiger partial charge < -0.3 is 17.5 Å². The fourth-order valence-electron chi connectivity index (χ4n) is 2.74. The fraction of sp³-hybridized carbons (Fsp3) is 0.316. The number of thiazole rings is 1. The second kappa shape index (κ2) is 9.62. The third-order valence-corrected chi connectivity index (χ3v) is 6.88. The Hall–Kier alpha value is -2.07. The molecule has 2 aromatic heterocycles. The normalized spacial score (nSPS) is 11.2. The molecule has 0 radical (unpaired) electrons. The molecule has 2 N–H and O–H groups in total. The first kappa shape index (κ1) is 23.2. The lowest BCUT2D eigenvalue weighted by Crippen LogP contribution is -3.00. The summed E-state index contributed by atoms with van der Waals surface area (Å²) in [7, 11) is -3.76. The molecular weight excluding hydrogens is 432 g/mol. The quantitative estimate of drug-likeness (QED) is 0.453. The molecule has 0 aliphatic carbocycles. The lowest BCUT2D eigenvalue weighted by molar-refractivity contribution is -0.689. The zero-order valence-corrected chi connectivity index (χ0v) is 18.8. The number of sulfonamides is 1. The van der Waals surface area contributed by atoms with E-state index in [-0.39, 0.29) is 29.7 Å². The predicted molar refractivity (Wildman–Crippen MR) is 108 cm³/mol. The maximum atomic E-state index is 12.8. The molecule has 0 unspecified atom stereocenters. The number of anilines is 1. The van der Waals surface area contributed by atoms with E-state index < -0.39 is 10.0 Å². The third-order valence-electron chi connectivity index (χ3n) is 4.38. The Kier molecular flexibility index (Phi) is 7.70. The molecule has 3 rings (SSSR count). The van der Waals surface area contributed by atoms with Crippen molar-refractivity contribution in [1.29, 1.82) is 0 Å². The van der Waals surface area contributed by atoms with E-state index in [4.69, 9.17) is 0 Å². The van der Waals surface area contributed by atoms with Crippen LogP contribution < -0.4 is 21.7 Å². The number of nitrogens with one attached hydrogen (secondary N) is 1. The highest BCUT2D eigenvalue weighted by molar-refractivity contribution is 7.92. The van der Waals surface area contributed by atoms with E-state index in [1.807, 2.05) is 23.9 Å². The van der Waals surface area contributed by atoms with Crippen molar-refractivity contribution in [2.45, 2.75) is 38.6 Å². The minimum atomic E-state index is -3.76. The Morgan fingerprint density at radius 3 is 2.52 bits per heavy atom. The number of aliphatic hydroxyl groups excluding tert-OH is 1. The topological polar surface area (TPSA) is 96.1 Å². The molecule has 29 heavy (non-hydrogen) atoms. The minimum absolute atomic E-state index is 0. The monoisotopic (exact) mass is 454 g/mol. The number of nitrogens with zero attached hydrogens (tertiary/aromatic N) is 3. The standard InChI is InChI=1S/C19H23N4O3S2.ClH/c1-13-4-6-17(7-5-13)28(25,26)22-19-16(10-20-15(3)21-19)11-23-12-27-18(8-9-24)14(23)2;/h4-7,10,12,24H,8-9,11H2,1-3H3,(H,20,21,22);1H/q+1;/p-1. The number of hydrogen-bond donors (Lipinski definition) is 2. The van der Waals surface area contributed by atoms with E-state index in [1.54, 1.807) is 48.7 Å². The smallest absolute Gasteiger partial charge is 0.263 e. The summed E-state index contributed by atoms with van der Waals surface area (Å²) in [6, 6.07) is 6.66. The van der Waals surface area contributed by atoms with Gasteiger partial charge in [-0.05, 0) is 26.0 Å². The van der Waals surface area contributed by atoms with E-state index in [1.165, 1.54) is 0 Å². The zero-order chi connectivity index (χ0) is 20.3. The van der Waals surface area contributed by atoms with Crippen LogP contribution in [-0.2, 0) is 23.0 Å². The zero-order valence-electron chi connectivity index (χ0n) is 16.4. The number of rotatable bonds is 7. The van der Waals surface area contributed by atoms with Gasteiger partial charge in [-0.3, -0.25) is 4.72 Å². The first-order valence-corrected chi connectivity index (χ1v) is 11.2. The lowest BCUT2D eigenvalue weighted by Gasteiger charge is -2.11. The van der Waals surface area contributed by atoms with E-state index in [0.29, 0.717) is 24.4 Å². The van der Waals surface area contributed by atoms with Crippen molar-refractivity contribution in [2.75, 3.05) is 11.3 Å². The van der Waals surface area contributed by atoms with Crippen molar-refractivity contribution in [3.05, 3.63) is 63.5 Å². The van der Waals surface area contributed by atoms with Gasteiger partial charge >= 0.3 is 0 Å². The molecule has 0 saturated carbocycles. The van der Waals surface area contributed by atoms with Gasteiger partial charge in [0.25, 0.3) is 10.0 Å². The van der Waals surface area contributed by atoms with Crippen molar-refractivity contribution in [3.63, 3.8) is 0 Å². The maximum Gasteiger partial charge on any atom is 0.263 e. The third kappa shape index (κ3) is 5.51. The summed E-state index contributed by atoms with van der Waals surface area (Å²) in [5, 5.41) is 9.17. The first-order chi connectivity index (χ1) is 13.3. The lowest BCUT2D eigenvalue weighted by atomic mass is 10.2. The number of hydrogen-bond acceptors (Lipinski definition) is 6. The van der Waals surface area contributed by atoms with Crippen molar-refractivity contribution in [2.24, 2.45) is 0 Å². The average Bonchev–Trinajstić information content (AvgIpc) is 2.98. The molecule has 0 bridgehead atoms. The van der Waals surface area contributed by atoms with E-state index in [2.05, 4.69) is 14.7 Å². The Morgan fingerprint density at radius 2 is 1.86 bits per heavy atom. The highest BCUT2D eigenvalue weighted by atomic mass is 35.5. The SMILES string of the molecule is Cc1ccc(S(=O)(=O)Nc2nc(C)ncc2C[n+]2csc(CCO)c2C)cc1.[Cl-]. The van der Waals surface area contributed by atoms with Gasteiger partial charge in [0.1, 0.15) is 5.82 Å². The van der Waals surface area contributed by atoms with E-state index in [9.17, 15) is 13.5 Å². The first-order valence-electron chi connectivity index (χ1n) is 8.79. The molecule has 0 atom stereocenters. The molecule has 2 heterocycles. The van der Waals surface area contributed by atoms with Gasteiger partial charge in [-0.2, -0.15) is 4.57 Å². The molecule has 0 fully saturated rings. The Bertz CT molecular complexity index is 1080. The summed E-state index contributed by atoms with van der Waals surface area (Å²) in [5.74, 6) is 0.758. The van der Waals surface area contributed by atoms with Crippen molar-refractivity contribution < 1.29 is 30.5 Å². The van der Waals surface area contributed by atoms with Crippen LogP contribution in [0, 0.1) is 20.8 Å². The summed E-state index contributed by atoms with van der Waals surface area (Å²) in [6.07, 6.45) is 2.24. The molecule has 0 spiro atoms. The second-order valence-corrected chi connectivity index (χ2v) is 9.16. The van der Waals surface area contributed by atoms with Crippen LogP contribution >= 0.6 is 11.3 Å². The Balaban J connectivity index is 0.00000300. The van der Waals surface area contributed by atoms with Gasteiger partial charge in [0.2, 0.25) is 5.51 Å². The van der Waals surface area contributed by atoms with Gasteiger partial charge in [0.05, 0.1) is 15.3 Å². The number of aryl methyl sites for hydroxylation is 2. The summed E-state index contributed by atoms with van der Waals surface area (Å²) in [5.41, 5.74) is 4.65. The number of aliphatic hydroxyl groups is 1. The van der Waals surface area contributed by atoms with Crippen LogP contribution in [0.15, 0.2) is 40.9 Å². The van der Waals surface area contributed by atoms with E-state index >= 15 is 0 Å². The van der Waals surface area contributed by atoms with Crippen molar-refractivity contribution in [1.82, 2.24) is 9.97 Å². The van der Waals surface area contributed by atoms with Crippen LogP contribution in [-0.4, -0.2) is 30.1 Å². The van der Waals surface area contributed by atoms with Gasteiger partial charge in [-0.1, -0.05) is 29.0 Å². The number of aromatic nitrogens is 3. The van der Waals surface area contributed by atoms with Gasteiger partial charge in [0, 0.05) is 26.1 Å². The summed E-state index contributed by atoms with van der Waals surface area (Å²) >= 11 is 1.56. The fourth-order valence-corrected chi connectivity index (χ4v) is 4.76. The Morgan fingerprint density at radius 1 is 1.17 bits per heavy atom. The molecular formula is C19H23ClN4O3S2. The molecule has 7 nitrogen and oxygen atoms in total. The number of halogens is 1.